The van der Waals surface area contributed by atoms with Gasteiger partial charge in [0.05, 0.1) is 72.2 Å². The monoisotopic (exact) mass is 1640 g/mol. The fourth-order valence-electron chi connectivity index (χ4n) is 18.5. The van der Waals surface area contributed by atoms with E-state index in [1.54, 1.807) is 19.1 Å². The number of hydrogen-bond donors (Lipinski definition) is 0. The van der Waals surface area contributed by atoms with E-state index < -0.39 is 35.3 Å². The fourth-order valence-corrected chi connectivity index (χ4v) is 18.9. The number of likely N-dealkylation sites (N-methyl/N-ethyl adjacent to an activating group) is 4. The van der Waals surface area contributed by atoms with Crippen LogP contribution in [0.1, 0.15) is 276 Å². The van der Waals surface area contributed by atoms with Gasteiger partial charge in [-0.15, -0.1) is 11.8 Å². The summed E-state index contributed by atoms with van der Waals surface area (Å²) < 4.78 is 148. The molecule has 0 radical (unpaired) electrons. The van der Waals surface area contributed by atoms with E-state index in [4.69, 9.17) is 23.7 Å². The van der Waals surface area contributed by atoms with Gasteiger partial charge < -0.3 is 43.3 Å². The molecule has 11 rings (SSSR count). The van der Waals surface area contributed by atoms with Crippen LogP contribution < -0.4 is 0 Å². The summed E-state index contributed by atoms with van der Waals surface area (Å²) in [5.41, 5.74) is 5.75. The minimum atomic E-state index is -4.39. The highest BCUT2D eigenvalue weighted by molar-refractivity contribution is 7.98. The number of rotatable bonds is 22. The first-order valence-electron chi connectivity index (χ1n) is 42.8. The summed E-state index contributed by atoms with van der Waals surface area (Å²) in [4.78, 5) is 16.7. The van der Waals surface area contributed by atoms with Crippen molar-refractivity contribution in [1.82, 2.24) is 29.5 Å². The zero-order chi connectivity index (χ0) is 85.0. The highest BCUT2D eigenvalue weighted by Gasteiger charge is 2.43. The summed E-state index contributed by atoms with van der Waals surface area (Å²) in [7, 11) is 16.8. The first-order chi connectivity index (χ1) is 54.0. The predicted molar refractivity (Wildman–Crippen MR) is 453 cm³/mol. The predicted octanol–water partition coefficient (Wildman–Crippen LogP) is 23.3. The number of hydrogen-bond acceptors (Lipinski definition) is 12. The van der Waals surface area contributed by atoms with Gasteiger partial charge in [0.2, 0.25) is 0 Å². The molecule has 1 saturated heterocycles. The molecule has 1 aromatic heterocycles. The maximum absolute atomic E-state index is 13.2. The van der Waals surface area contributed by atoms with Gasteiger partial charge in [-0.3, -0.25) is 4.90 Å². The van der Waals surface area contributed by atoms with Crippen LogP contribution in [0.25, 0.3) is 0 Å². The van der Waals surface area contributed by atoms with Crippen LogP contribution >= 0.6 is 11.8 Å². The molecule has 5 aliphatic carbocycles. The van der Waals surface area contributed by atoms with Gasteiger partial charge in [-0.2, -0.15) is 39.5 Å². The van der Waals surface area contributed by atoms with Gasteiger partial charge >= 0.3 is 18.5 Å². The van der Waals surface area contributed by atoms with Crippen LogP contribution in [-0.4, -0.2) is 196 Å². The smallest absolute Gasteiger partial charge is 0.374 e. The Morgan fingerprint density at radius 3 is 1.23 bits per heavy atom. The van der Waals surface area contributed by atoms with Crippen LogP contribution in [0, 0.1) is 13.8 Å². The second-order valence-corrected chi connectivity index (χ2v) is 36.5. The van der Waals surface area contributed by atoms with Crippen molar-refractivity contribution in [3.05, 3.63) is 165 Å². The average Bonchev–Trinajstić information content (AvgIpc) is 1.75. The first-order valence-corrected chi connectivity index (χ1v) is 44.1. The Hall–Kier alpha value is -4.65. The van der Waals surface area contributed by atoms with E-state index in [-0.39, 0.29) is 78.1 Å². The lowest BCUT2D eigenvalue weighted by Gasteiger charge is -2.41. The zero-order valence-electron chi connectivity index (χ0n) is 73.5. The second-order valence-electron chi connectivity index (χ2n) is 35.6. The maximum atomic E-state index is 13.2. The molecule has 1 aliphatic heterocycles. The molecule has 4 aromatic carbocycles. The van der Waals surface area contributed by atoms with E-state index in [0.29, 0.717) is 59.6 Å². The van der Waals surface area contributed by atoms with Gasteiger partial charge in [0.1, 0.15) is 5.69 Å². The largest absolute Gasteiger partial charge is 0.433 e. The van der Waals surface area contributed by atoms with Crippen molar-refractivity contribution in [2.75, 3.05) is 75.7 Å². The fraction of sp³-hybridized carbons (Fsp3) is 0.691. The molecule has 21 heteroatoms. The number of aromatic nitrogens is 1. The number of nitrogens with zero attached hydrogens (tertiary/aromatic N) is 6. The molecule has 6 fully saturated rings. The van der Waals surface area contributed by atoms with Gasteiger partial charge in [-0.1, -0.05) is 73.2 Å². The van der Waals surface area contributed by atoms with Crippen LogP contribution in [0.15, 0.2) is 108 Å². The van der Waals surface area contributed by atoms with E-state index in [9.17, 15) is 39.5 Å². The van der Waals surface area contributed by atoms with Crippen molar-refractivity contribution >= 4 is 11.8 Å². The van der Waals surface area contributed by atoms with E-state index in [1.165, 1.54) is 97.7 Å². The van der Waals surface area contributed by atoms with Gasteiger partial charge in [0.25, 0.3) is 0 Å². The Labute approximate surface area is 691 Å². The molecule has 648 valence electrons. The van der Waals surface area contributed by atoms with Crippen molar-refractivity contribution in [3.8, 4) is 0 Å². The van der Waals surface area contributed by atoms with E-state index >= 15 is 0 Å². The van der Waals surface area contributed by atoms with E-state index in [2.05, 4.69) is 147 Å². The number of halogens is 9. The standard InChI is InChI=1S/C19H27F3N2O.2C19H28F3NO.C19H31NO.C18H29NOS/c1-13(2)25-17-9-8-14(12-16(17)24-10-3-4-11-24)15-6-5-7-18(23-15)19(20,21)22;1-12(2)24-18-7-6-14(11-17(18)23(4)5)15-8-13(3)9-16(10-15)19(20,21)22;1-12(2)24-18-9-8-15(11-17(18)23(4)5)14-7-6-13(3)16(10-14)19(20,21)22;1-6-15-8-7-9-16(12-15)17-10-11-19(21-14(2)3)18(13-17)20(4)5;1-13(2)20-18-10-9-15(12-17(18)19(3)4)14-7-6-8-16(11-14)21-5/h5-7,13-14,16-17H,3-4,8-12H2,1-2H3;8-10,12,14,17-18H,6-7,11H2,1-5H3;6-7,10,12,15,17-18H,8-9,11H2,1-5H3;7-9,12,14,17-19H,6,10-11,13H2,1-5H3;6-8,11,13,15,17-18H,9-10,12H2,1-5H3/t14-,16-,17-;14-,17-,18-;15-,17-,18-;17-,18-,19-;15-,17-,18-/m00000/s1. The summed E-state index contributed by atoms with van der Waals surface area (Å²) in [6.45, 7) is 28.3. The molecule has 11 nitrogen and oxygen atoms in total. The van der Waals surface area contributed by atoms with Crippen LogP contribution in [0.5, 0.6) is 0 Å². The maximum Gasteiger partial charge on any atom is 0.433 e. The van der Waals surface area contributed by atoms with E-state index in [1.807, 2.05) is 93.6 Å². The molecule has 6 aliphatic rings. The summed E-state index contributed by atoms with van der Waals surface area (Å²) in [6.07, 6.45) is 9.87. The third-order valence-corrected chi connectivity index (χ3v) is 24.8. The van der Waals surface area contributed by atoms with Crippen molar-refractivity contribution in [1.29, 1.82) is 0 Å². The van der Waals surface area contributed by atoms with Gasteiger partial charge in [-0.05, 0) is 374 Å². The van der Waals surface area contributed by atoms with Crippen LogP contribution in [0.4, 0.5) is 39.5 Å². The number of alkyl halides is 9. The van der Waals surface area contributed by atoms with Crippen LogP contribution in [-0.2, 0) is 48.6 Å². The molecule has 0 spiro atoms. The highest BCUT2D eigenvalue weighted by atomic mass is 32.2. The van der Waals surface area contributed by atoms with Gasteiger partial charge in [0.15, 0.2) is 0 Å². The van der Waals surface area contributed by atoms with Crippen molar-refractivity contribution in [2.24, 2.45) is 0 Å². The van der Waals surface area contributed by atoms with Crippen molar-refractivity contribution < 1.29 is 63.2 Å². The zero-order valence-corrected chi connectivity index (χ0v) is 74.4. The molecular formula is C94H143F9N6O5S. The number of benzene rings is 4. The molecule has 0 amide bonds. The average molecular weight is 1640 g/mol. The Morgan fingerprint density at radius 1 is 0.417 bits per heavy atom. The van der Waals surface area contributed by atoms with Crippen LogP contribution in [0.3, 0.4) is 0 Å². The number of pyridine rings is 1. The first kappa shape index (κ1) is 97.5. The Bertz CT molecular complexity index is 3570. The molecule has 0 N–H and O–H groups in total. The van der Waals surface area contributed by atoms with Gasteiger partial charge in [0, 0.05) is 46.7 Å². The SMILES string of the molecule is CC(C)O[C@H]1CC[C@H](c2cccc(C(F)(F)F)n2)C[C@@H]1N1CCCC1.CCc1cccc([C@H]2CC[C@H](OC(C)C)[C@@H](N(C)C)C2)c1.CSc1cccc([C@H]2CC[C@H](OC(C)C)[C@@H](N(C)C)C2)c1.Cc1cc([C@H]2CC[C@H](OC(C)C)[C@@H](N(C)C)C2)cc(C(F)(F)F)c1.Cc1ccc([C@H]2CC[C@H](OC(C)C)[C@@H](N(C)C)C2)cc1C(F)(F)F. The lowest BCUT2D eigenvalue weighted by Crippen LogP contribution is -2.47. The lowest BCUT2D eigenvalue weighted by molar-refractivity contribution is -0.141. The summed E-state index contributed by atoms with van der Waals surface area (Å²) in [5, 5.41) is 0. The number of ether oxygens (including phenoxy) is 5. The quantitative estimate of drug-likeness (QED) is 0.0489. The molecule has 5 aromatic rings. The normalized spacial score (nSPS) is 26.6. The summed E-state index contributed by atoms with van der Waals surface area (Å²) in [6, 6.07) is 33.5. The molecule has 5 saturated carbocycles. The third-order valence-electron chi connectivity index (χ3n) is 24.1. The number of likely N-dealkylation sites (tertiary alicyclic amines) is 1. The number of aryl methyl sites for hydroxylation is 3. The summed E-state index contributed by atoms with van der Waals surface area (Å²) in [5.74, 6) is 1.70. The Morgan fingerprint density at radius 2 is 0.817 bits per heavy atom. The molecule has 2 heterocycles. The lowest BCUT2D eigenvalue weighted by atomic mass is 9.78. The molecule has 0 bridgehead atoms. The van der Waals surface area contributed by atoms with Crippen LogP contribution in [0.2, 0.25) is 0 Å². The molecular weight excluding hydrogens is 1500 g/mol. The van der Waals surface area contributed by atoms with E-state index in [0.717, 1.165) is 101 Å². The minimum Gasteiger partial charge on any atom is -0.374 e. The molecule has 0 unspecified atom stereocenters. The number of thioether (sulfide) groups is 1. The Kier molecular flexibility index (Phi) is 38.4. The van der Waals surface area contributed by atoms with Gasteiger partial charge in [-0.25, -0.2) is 4.98 Å². The minimum absolute atomic E-state index is 0.0694. The second kappa shape index (κ2) is 45.3. The molecule has 115 heavy (non-hydrogen) atoms. The van der Waals surface area contributed by atoms with Crippen molar-refractivity contribution in [2.45, 2.75) is 350 Å². The summed E-state index contributed by atoms with van der Waals surface area (Å²) >= 11 is 1.83. The molecule has 15 atom stereocenters. The third kappa shape index (κ3) is 30.2. The van der Waals surface area contributed by atoms with Crippen molar-refractivity contribution in [3.63, 3.8) is 0 Å². The topological polar surface area (TPSA) is 75.2 Å². The Balaban J connectivity index is 0.000000199. The highest BCUT2D eigenvalue weighted by Crippen LogP contribution is 2.45.